The second-order valence-electron chi connectivity index (χ2n) is 8.90. The van der Waals surface area contributed by atoms with E-state index in [2.05, 4.69) is 10.6 Å². The van der Waals surface area contributed by atoms with E-state index < -0.39 is 11.5 Å². The van der Waals surface area contributed by atoms with E-state index >= 15 is 0 Å². The van der Waals surface area contributed by atoms with E-state index in [4.69, 9.17) is 20.9 Å². The molecule has 0 bridgehead atoms. The van der Waals surface area contributed by atoms with Crippen LogP contribution in [0.1, 0.15) is 44.6 Å². The van der Waals surface area contributed by atoms with Gasteiger partial charge < -0.3 is 25.3 Å². The number of esters is 1. The van der Waals surface area contributed by atoms with Crippen LogP contribution in [0.5, 0.6) is 0 Å². The van der Waals surface area contributed by atoms with Gasteiger partial charge in [0, 0.05) is 31.4 Å². The monoisotopic (exact) mass is 579 g/mol. The molecule has 39 heavy (non-hydrogen) atoms. The Morgan fingerprint density at radius 3 is 2.31 bits per heavy atom. The van der Waals surface area contributed by atoms with E-state index in [9.17, 15) is 9.59 Å². The molecule has 5 N–H and O–H groups in total. The van der Waals surface area contributed by atoms with E-state index in [0.717, 1.165) is 28.1 Å². The van der Waals surface area contributed by atoms with Gasteiger partial charge in [-0.15, -0.1) is 24.8 Å². The van der Waals surface area contributed by atoms with E-state index in [0.29, 0.717) is 25.2 Å². The first-order valence-electron chi connectivity index (χ1n) is 12.5. The number of benzene rings is 2. The van der Waals surface area contributed by atoms with Gasteiger partial charge in [-0.3, -0.25) is 20.3 Å². The topological polar surface area (TPSA) is 138 Å². The molecule has 1 atom stereocenters. The Morgan fingerprint density at radius 2 is 1.74 bits per heavy atom. The molecule has 1 heterocycles. The number of imidazole rings is 1. The first-order chi connectivity index (χ1) is 17.6. The van der Waals surface area contributed by atoms with Crippen molar-refractivity contribution in [2.24, 2.45) is 12.8 Å². The largest absolute Gasteiger partial charge is 0.465 e. The van der Waals surface area contributed by atoms with Crippen LogP contribution in [-0.2, 0) is 33.5 Å². The lowest BCUT2D eigenvalue weighted by molar-refractivity contribution is -0.143. The highest BCUT2D eigenvalue weighted by atomic mass is 35.5. The van der Waals surface area contributed by atoms with Crippen molar-refractivity contribution in [3.05, 3.63) is 59.4 Å². The standard InChI is InChI=1S/C27H37N7O3.2ClH/c1-6-34(7-2)26(36)27(4,31-17-24(35)37-8-3)19-11-14-22-21(15-19)32-23(33(22)5)16-30-20-12-9-18(10-13-20)25(28)29;;/h9-15,30-31H,6-8,16-17H2,1-5H3,(H3,28,29);2*1H. The quantitative estimate of drug-likeness (QED) is 0.146. The number of nitrogens with zero attached hydrogens (tertiary/aromatic N) is 3. The number of amidine groups is 1. The van der Waals surface area contributed by atoms with Crippen molar-refractivity contribution < 1.29 is 14.3 Å². The number of carbonyl (C=O) groups excluding carboxylic acids is 2. The fourth-order valence-corrected chi connectivity index (χ4v) is 4.26. The molecule has 0 fully saturated rings. The Bertz CT molecular complexity index is 1280. The summed E-state index contributed by atoms with van der Waals surface area (Å²) in [4.78, 5) is 32.3. The Balaban J connectivity index is 0.00000380. The fraction of sp³-hybridized carbons (Fsp3) is 0.407. The first kappa shape index (κ1) is 33.7. The van der Waals surface area contributed by atoms with Crippen LogP contribution >= 0.6 is 24.8 Å². The Labute approximate surface area is 242 Å². The summed E-state index contributed by atoms with van der Waals surface area (Å²) in [7, 11) is 1.95. The third kappa shape index (κ3) is 7.62. The summed E-state index contributed by atoms with van der Waals surface area (Å²) in [6, 6.07) is 13.1. The zero-order chi connectivity index (χ0) is 27.2. The molecule has 0 aliphatic heterocycles. The minimum Gasteiger partial charge on any atom is -0.465 e. The van der Waals surface area contributed by atoms with Crippen LogP contribution in [-0.4, -0.2) is 58.4 Å². The van der Waals surface area contributed by atoms with Crippen molar-refractivity contribution in [1.29, 1.82) is 5.41 Å². The number of hydrogen-bond acceptors (Lipinski definition) is 7. The smallest absolute Gasteiger partial charge is 0.319 e. The van der Waals surface area contributed by atoms with Crippen LogP contribution in [0.15, 0.2) is 42.5 Å². The van der Waals surface area contributed by atoms with Crippen LogP contribution in [0.25, 0.3) is 11.0 Å². The minimum absolute atomic E-state index is 0. The van der Waals surface area contributed by atoms with Crippen LogP contribution in [0.4, 0.5) is 5.69 Å². The third-order valence-electron chi connectivity index (χ3n) is 6.57. The molecule has 214 valence electrons. The first-order valence-corrected chi connectivity index (χ1v) is 12.5. The zero-order valence-corrected chi connectivity index (χ0v) is 24.7. The molecule has 1 amide bonds. The number of aryl methyl sites for hydroxylation is 1. The number of halogens is 2. The van der Waals surface area contributed by atoms with E-state index in [1.54, 1.807) is 30.9 Å². The van der Waals surface area contributed by atoms with Crippen molar-refractivity contribution >= 4 is 59.2 Å². The molecule has 1 aromatic heterocycles. The van der Waals surface area contributed by atoms with Gasteiger partial charge in [0.1, 0.15) is 17.2 Å². The van der Waals surface area contributed by atoms with Crippen molar-refractivity contribution in [1.82, 2.24) is 19.8 Å². The SMILES string of the molecule is CCOC(=O)CNC(C)(C(=O)N(CC)CC)c1ccc2c(c1)nc(CNc1ccc(C(=N)N)cc1)n2C.Cl.Cl. The molecule has 12 heteroatoms. The summed E-state index contributed by atoms with van der Waals surface area (Å²) in [6.45, 7) is 9.20. The molecule has 3 rings (SSSR count). The number of anilines is 1. The predicted octanol–water partition coefficient (Wildman–Crippen LogP) is 3.55. The molecule has 0 saturated carbocycles. The van der Waals surface area contributed by atoms with Gasteiger partial charge >= 0.3 is 5.97 Å². The van der Waals surface area contributed by atoms with E-state index in [-0.39, 0.29) is 49.7 Å². The van der Waals surface area contributed by atoms with Gasteiger partial charge in [0.25, 0.3) is 0 Å². The maximum Gasteiger partial charge on any atom is 0.319 e. The lowest BCUT2D eigenvalue weighted by Gasteiger charge is -2.34. The van der Waals surface area contributed by atoms with E-state index in [1.807, 2.05) is 55.8 Å². The average Bonchev–Trinajstić information content (AvgIpc) is 3.21. The number of carbonyl (C=O) groups is 2. The molecule has 0 aliphatic rings. The number of nitrogens with two attached hydrogens (primary N) is 1. The molecule has 0 radical (unpaired) electrons. The second kappa shape index (κ2) is 14.7. The average molecular weight is 581 g/mol. The summed E-state index contributed by atoms with van der Waals surface area (Å²) in [5.74, 6) is 0.317. The van der Waals surface area contributed by atoms with Crippen molar-refractivity contribution in [3.8, 4) is 0 Å². The summed E-state index contributed by atoms with van der Waals surface area (Å²) in [5.41, 5.74) is 8.34. The number of nitrogen functional groups attached to an aromatic ring is 1. The maximum absolute atomic E-state index is 13.6. The van der Waals surface area contributed by atoms with Gasteiger partial charge in [0.15, 0.2) is 0 Å². The summed E-state index contributed by atoms with van der Waals surface area (Å²) < 4.78 is 7.08. The van der Waals surface area contributed by atoms with Crippen LogP contribution in [0, 0.1) is 5.41 Å². The minimum atomic E-state index is -1.14. The second-order valence-corrected chi connectivity index (χ2v) is 8.90. The highest BCUT2D eigenvalue weighted by Gasteiger charge is 2.38. The number of hydrogen-bond donors (Lipinski definition) is 4. The molecule has 2 aromatic carbocycles. The number of amides is 1. The lowest BCUT2D eigenvalue weighted by atomic mass is 9.89. The maximum atomic E-state index is 13.6. The Morgan fingerprint density at radius 1 is 1.10 bits per heavy atom. The summed E-state index contributed by atoms with van der Waals surface area (Å²) >= 11 is 0. The molecule has 0 aliphatic carbocycles. The number of rotatable bonds is 12. The van der Waals surface area contributed by atoms with Gasteiger partial charge in [0.05, 0.1) is 30.7 Å². The molecule has 3 aromatic rings. The lowest BCUT2D eigenvalue weighted by Crippen LogP contribution is -2.55. The van der Waals surface area contributed by atoms with Crippen LogP contribution in [0.3, 0.4) is 0 Å². The molecule has 0 saturated heterocycles. The fourth-order valence-electron chi connectivity index (χ4n) is 4.26. The van der Waals surface area contributed by atoms with Gasteiger partial charge in [-0.05, 0) is 69.7 Å². The van der Waals surface area contributed by atoms with Crippen molar-refractivity contribution in [2.75, 3.05) is 31.6 Å². The van der Waals surface area contributed by atoms with E-state index in [1.165, 1.54) is 0 Å². The van der Waals surface area contributed by atoms with Gasteiger partial charge in [-0.1, -0.05) is 6.07 Å². The number of nitrogens with one attached hydrogen (secondary N) is 3. The highest BCUT2D eigenvalue weighted by Crippen LogP contribution is 2.28. The molecule has 1 unspecified atom stereocenters. The Hall–Kier alpha value is -3.34. The third-order valence-corrected chi connectivity index (χ3v) is 6.57. The molecule has 10 nitrogen and oxygen atoms in total. The molecule has 0 spiro atoms. The number of aromatic nitrogens is 2. The van der Waals surface area contributed by atoms with Gasteiger partial charge in [-0.2, -0.15) is 0 Å². The van der Waals surface area contributed by atoms with Crippen LogP contribution in [0.2, 0.25) is 0 Å². The zero-order valence-electron chi connectivity index (χ0n) is 23.0. The predicted molar refractivity (Wildman–Crippen MR) is 160 cm³/mol. The number of likely N-dealkylation sites (N-methyl/N-ethyl adjacent to an activating group) is 1. The normalized spacial score (nSPS) is 12.0. The summed E-state index contributed by atoms with van der Waals surface area (Å²) in [6.07, 6.45) is 0. The van der Waals surface area contributed by atoms with Gasteiger partial charge in [0.2, 0.25) is 5.91 Å². The highest BCUT2D eigenvalue weighted by molar-refractivity contribution is 5.95. The molecular weight excluding hydrogens is 541 g/mol. The number of fused-ring (bicyclic) bond motifs is 1. The molecular formula is C27H39Cl2N7O3. The van der Waals surface area contributed by atoms with Crippen molar-refractivity contribution in [3.63, 3.8) is 0 Å². The van der Waals surface area contributed by atoms with Gasteiger partial charge in [-0.25, -0.2) is 4.98 Å². The Kier molecular flexibility index (Phi) is 12.7. The summed E-state index contributed by atoms with van der Waals surface area (Å²) in [5, 5.41) is 14.0. The number of ether oxygens (including phenoxy) is 1. The van der Waals surface area contributed by atoms with Crippen molar-refractivity contribution in [2.45, 2.75) is 39.8 Å². The van der Waals surface area contributed by atoms with Crippen LogP contribution < -0.4 is 16.4 Å².